The summed E-state index contributed by atoms with van der Waals surface area (Å²) in [5.41, 5.74) is 5.69. The fourth-order valence-corrected chi connectivity index (χ4v) is 4.08. The lowest BCUT2D eigenvalue weighted by Crippen LogP contribution is -2.10. The lowest BCUT2D eigenvalue weighted by atomic mass is 10.1. The number of benzene rings is 2. The number of aryl methyl sites for hydroxylation is 1. The largest absolute Gasteiger partial charge is 0.299 e. The summed E-state index contributed by atoms with van der Waals surface area (Å²) < 4.78 is 31.6. The molecule has 3 heterocycles. The van der Waals surface area contributed by atoms with Gasteiger partial charge in [-0.05, 0) is 42.0 Å². The van der Waals surface area contributed by atoms with Gasteiger partial charge in [-0.3, -0.25) is 14.0 Å². The van der Waals surface area contributed by atoms with Crippen LogP contribution in [0.25, 0.3) is 33.5 Å². The Kier molecular flexibility index (Phi) is 4.36. The maximum Gasteiger partial charge on any atom is 0.229 e. The molecule has 0 bridgehead atoms. The van der Waals surface area contributed by atoms with E-state index < -0.39 is 10.0 Å². The molecule has 10 heteroatoms. The van der Waals surface area contributed by atoms with Gasteiger partial charge in [0.15, 0.2) is 0 Å². The van der Waals surface area contributed by atoms with E-state index in [2.05, 4.69) is 19.9 Å². The van der Waals surface area contributed by atoms with Crippen molar-refractivity contribution in [2.24, 2.45) is 7.05 Å². The number of sulfonamides is 1. The van der Waals surface area contributed by atoms with Crippen LogP contribution in [0.1, 0.15) is 0 Å². The molecule has 9 nitrogen and oxygen atoms in total. The quantitative estimate of drug-likeness (QED) is 0.459. The number of imidazole rings is 1. The molecule has 0 aliphatic rings. The SMILES string of the molecule is Cn1cc(-c2ccc3c(c2)ncn3-c2cc(NS(C)(=O)=O)cc(-n3cccn3)c2)cn1. The number of nitrogens with one attached hydrogen (secondary N) is 1. The first-order valence-corrected chi connectivity index (χ1v) is 11.3. The third-order valence-corrected chi connectivity index (χ3v) is 5.44. The third kappa shape index (κ3) is 3.80. The molecule has 0 aliphatic carbocycles. The molecule has 0 atom stereocenters. The Hall–Kier alpha value is -3.92. The summed E-state index contributed by atoms with van der Waals surface area (Å²) >= 11 is 0. The zero-order chi connectivity index (χ0) is 21.6. The average molecular weight is 433 g/mol. The van der Waals surface area contributed by atoms with Crippen LogP contribution in [0.2, 0.25) is 0 Å². The van der Waals surface area contributed by atoms with Gasteiger partial charge < -0.3 is 0 Å². The van der Waals surface area contributed by atoms with Gasteiger partial charge in [0.05, 0.1) is 40.5 Å². The lowest BCUT2D eigenvalue weighted by Gasteiger charge is -2.12. The molecule has 0 saturated heterocycles. The van der Waals surface area contributed by atoms with Gasteiger partial charge in [-0.25, -0.2) is 18.1 Å². The van der Waals surface area contributed by atoms with Gasteiger partial charge in [-0.15, -0.1) is 0 Å². The molecule has 31 heavy (non-hydrogen) atoms. The third-order valence-electron chi connectivity index (χ3n) is 4.84. The zero-order valence-corrected chi connectivity index (χ0v) is 17.7. The minimum atomic E-state index is -3.44. The molecule has 5 rings (SSSR count). The van der Waals surface area contributed by atoms with E-state index in [1.54, 1.807) is 40.2 Å². The molecule has 0 amide bonds. The Labute approximate surface area is 178 Å². The van der Waals surface area contributed by atoms with Crippen molar-refractivity contribution in [2.75, 3.05) is 11.0 Å². The molecule has 0 spiro atoms. The van der Waals surface area contributed by atoms with Crippen LogP contribution in [0.4, 0.5) is 5.69 Å². The molecule has 156 valence electrons. The highest BCUT2D eigenvalue weighted by molar-refractivity contribution is 7.92. The van der Waals surface area contributed by atoms with Crippen LogP contribution in [-0.2, 0) is 17.1 Å². The first kappa shape index (κ1) is 19.1. The van der Waals surface area contributed by atoms with Crippen LogP contribution >= 0.6 is 0 Å². The number of aromatic nitrogens is 6. The number of hydrogen-bond donors (Lipinski definition) is 1. The van der Waals surface area contributed by atoms with E-state index in [4.69, 9.17) is 0 Å². The van der Waals surface area contributed by atoms with Crippen LogP contribution in [0.3, 0.4) is 0 Å². The van der Waals surface area contributed by atoms with E-state index >= 15 is 0 Å². The fourth-order valence-electron chi connectivity index (χ4n) is 3.53. The second-order valence-electron chi connectivity index (χ2n) is 7.28. The van der Waals surface area contributed by atoms with E-state index in [1.165, 1.54) is 0 Å². The van der Waals surface area contributed by atoms with Gasteiger partial charge in [0.1, 0.15) is 6.33 Å². The van der Waals surface area contributed by atoms with Crippen LogP contribution in [-0.4, -0.2) is 43.8 Å². The number of fused-ring (bicyclic) bond motifs is 1. The number of rotatable bonds is 5. The highest BCUT2D eigenvalue weighted by Gasteiger charge is 2.12. The molecule has 3 aromatic heterocycles. The molecular formula is C21H19N7O2S. The molecule has 0 aliphatic heterocycles. The Bertz CT molecular complexity index is 1500. The molecule has 1 N–H and O–H groups in total. The summed E-state index contributed by atoms with van der Waals surface area (Å²) in [6.45, 7) is 0. The van der Waals surface area contributed by atoms with E-state index in [0.29, 0.717) is 5.69 Å². The minimum Gasteiger partial charge on any atom is -0.299 e. The maximum atomic E-state index is 11.8. The van der Waals surface area contributed by atoms with Gasteiger partial charge in [-0.1, -0.05) is 6.07 Å². The fraction of sp³-hybridized carbons (Fsp3) is 0.0952. The van der Waals surface area contributed by atoms with Gasteiger partial charge in [0, 0.05) is 31.2 Å². The predicted octanol–water partition coefficient (Wildman–Crippen LogP) is 2.98. The monoisotopic (exact) mass is 433 g/mol. The Morgan fingerprint density at radius 3 is 2.55 bits per heavy atom. The van der Waals surface area contributed by atoms with E-state index in [1.807, 2.05) is 54.3 Å². The molecule has 5 aromatic rings. The Morgan fingerprint density at radius 1 is 1.00 bits per heavy atom. The lowest BCUT2D eigenvalue weighted by molar-refractivity contribution is 0.607. The second-order valence-corrected chi connectivity index (χ2v) is 9.03. The summed E-state index contributed by atoms with van der Waals surface area (Å²) in [5.74, 6) is 0. The topological polar surface area (TPSA) is 99.6 Å². The Balaban J connectivity index is 1.63. The molecule has 0 unspecified atom stereocenters. The summed E-state index contributed by atoms with van der Waals surface area (Å²) in [6.07, 6.45) is 10.1. The second kappa shape index (κ2) is 7.10. The molecule has 2 aromatic carbocycles. The van der Waals surface area contributed by atoms with Crippen molar-refractivity contribution < 1.29 is 8.42 Å². The molecule has 0 fully saturated rings. The van der Waals surface area contributed by atoms with Crippen molar-refractivity contribution in [1.82, 2.24) is 29.1 Å². The smallest absolute Gasteiger partial charge is 0.229 e. The first-order chi connectivity index (χ1) is 14.9. The highest BCUT2D eigenvalue weighted by Crippen LogP contribution is 2.28. The van der Waals surface area contributed by atoms with Crippen LogP contribution in [0.5, 0.6) is 0 Å². The zero-order valence-electron chi connectivity index (χ0n) is 16.8. The first-order valence-electron chi connectivity index (χ1n) is 9.45. The van der Waals surface area contributed by atoms with Crippen molar-refractivity contribution in [3.63, 3.8) is 0 Å². The van der Waals surface area contributed by atoms with Crippen molar-refractivity contribution in [3.8, 4) is 22.5 Å². The minimum absolute atomic E-state index is 0.444. The molecule has 0 saturated carbocycles. The van der Waals surface area contributed by atoms with Crippen LogP contribution < -0.4 is 4.72 Å². The van der Waals surface area contributed by atoms with Gasteiger partial charge in [-0.2, -0.15) is 10.2 Å². The van der Waals surface area contributed by atoms with Gasteiger partial charge in [0.25, 0.3) is 0 Å². The van der Waals surface area contributed by atoms with Crippen molar-refractivity contribution in [1.29, 1.82) is 0 Å². The van der Waals surface area contributed by atoms with Gasteiger partial charge in [0.2, 0.25) is 10.0 Å². The van der Waals surface area contributed by atoms with E-state index in [0.717, 1.165) is 39.8 Å². The van der Waals surface area contributed by atoms with Gasteiger partial charge >= 0.3 is 0 Å². The maximum absolute atomic E-state index is 11.8. The predicted molar refractivity (Wildman–Crippen MR) is 119 cm³/mol. The molecule has 0 radical (unpaired) electrons. The van der Waals surface area contributed by atoms with Crippen molar-refractivity contribution >= 4 is 26.7 Å². The average Bonchev–Trinajstić information content (AvgIpc) is 3.46. The summed E-state index contributed by atoms with van der Waals surface area (Å²) in [6, 6.07) is 13.3. The highest BCUT2D eigenvalue weighted by atomic mass is 32.2. The number of hydrogen-bond acceptors (Lipinski definition) is 5. The summed E-state index contributed by atoms with van der Waals surface area (Å²) in [4.78, 5) is 4.56. The summed E-state index contributed by atoms with van der Waals surface area (Å²) in [7, 11) is -1.56. The van der Waals surface area contributed by atoms with Crippen LogP contribution in [0, 0.1) is 0 Å². The number of anilines is 1. The summed E-state index contributed by atoms with van der Waals surface area (Å²) in [5, 5.41) is 8.49. The van der Waals surface area contributed by atoms with Crippen molar-refractivity contribution in [2.45, 2.75) is 0 Å². The molecular weight excluding hydrogens is 414 g/mol. The number of nitrogens with zero attached hydrogens (tertiary/aromatic N) is 6. The normalized spacial score (nSPS) is 11.8. The Morgan fingerprint density at radius 2 is 1.84 bits per heavy atom. The standard InChI is InChI=1S/C21H19N7O2S/c1-26-13-16(12-24-26)15-4-5-21-20(8-15)22-14-27(21)18-9-17(25-31(2,29)30)10-19(11-18)28-7-3-6-23-28/h3-14,25H,1-2H3. The van der Waals surface area contributed by atoms with Crippen molar-refractivity contribution in [3.05, 3.63) is 73.6 Å². The van der Waals surface area contributed by atoms with E-state index in [9.17, 15) is 8.42 Å². The van der Waals surface area contributed by atoms with E-state index in [-0.39, 0.29) is 0 Å². The van der Waals surface area contributed by atoms with Crippen LogP contribution in [0.15, 0.2) is 73.6 Å².